The van der Waals surface area contributed by atoms with E-state index < -0.39 is 22.6 Å². The normalized spacial score (nSPS) is 14.1. The van der Waals surface area contributed by atoms with Gasteiger partial charge >= 0.3 is 5.88 Å². The number of carbonyl (C=O) groups is 2. The van der Waals surface area contributed by atoms with Gasteiger partial charge in [-0.25, -0.2) is 0 Å². The van der Waals surface area contributed by atoms with Crippen molar-refractivity contribution in [3.8, 4) is 0 Å². The van der Waals surface area contributed by atoms with E-state index >= 15 is 0 Å². The Kier molecular flexibility index (Phi) is 4.55. The van der Waals surface area contributed by atoms with Crippen LogP contribution in [0.5, 0.6) is 0 Å². The zero-order valence-corrected chi connectivity index (χ0v) is 14.2. The van der Waals surface area contributed by atoms with E-state index in [2.05, 4.69) is 17.1 Å². The minimum atomic E-state index is -0.727. The maximum atomic E-state index is 12.3. The Morgan fingerprint density at radius 3 is 2.84 bits per heavy atom. The number of amides is 2. The molecular weight excluding hydrogens is 348 g/mol. The summed E-state index contributed by atoms with van der Waals surface area (Å²) < 4.78 is 4.89. The zero-order chi connectivity index (χ0) is 18.1. The number of carbonyl (C=O) groups excluding carboxylic acids is 2. The molecule has 0 radical (unpaired) electrons. The van der Waals surface area contributed by atoms with Crippen LogP contribution in [0.1, 0.15) is 38.3 Å². The third-order valence-corrected chi connectivity index (χ3v) is 5.18. The van der Waals surface area contributed by atoms with Crippen molar-refractivity contribution in [2.45, 2.75) is 19.9 Å². The Hall–Kier alpha value is -2.72. The van der Waals surface area contributed by atoms with Gasteiger partial charge in [0.05, 0.1) is 11.6 Å². The summed E-state index contributed by atoms with van der Waals surface area (Å²) in [6.07, 6.45) is 0.681. The highest BCUT2D eigenvalue weighted by Crippen LogP contribution is 2.37. The molecule has 0 aliphatic carbocycles. The second-order valence-corrected chi connectivity index (χ2v) is 6.65. The first kappa shape index (κ1) is 17.1. The van der Waals surface area contributed by atoms with Gasteiger partial charge in [-0.2, -0.15) is 0 Å². The van der Waals surface area contributed by atoms with Crippen molar-refractivity contribution in [1.82, 2.24) is 4.90 Å². The van der Waals surface area contributed by atoms with Crippen LogP contribution in [-0.4, -0.2) is 34.7 Å². The van der Waals surface area contributed by atoms with Crippen LogP contribution >= 0.6 is 11.3 Å². The molecule has 0 atom stereocenters. The molecule has 10 heteroatoms. The molecule has 3 rings (SSSR count). The van der Waals surface area contributed by atoms with Gasteiger partial charge in [-0.05, 0) is 24.6 Å². The summed E-state index contributed by atoms with van der Waals surface area (Å²) in [7, 11) is 0. The quantitative estimate of drug-likeness (QED) is 0.616. The lowest BCUT2D eigenvalue weighted by Gasteiger charge is -2.25. The van der Waals surface area contributed by atoms with Gasteiger partial charge in [-0.3, -0.25) is 24.6 Å². The molecule has 9 nitrogen and oxygen atoms in total. The highest BCUT2D eigenvalue weighted by atomic mass is 32.1. The van der Waals surface area contributed by atoms with E-state index in [1.165, 1.54) is 17.4 Å². The van der Waals surface area contributed by atoms with E-state index in [1.54, 1.807) is 0 Å². The van der Waals surface area contributed by atoms with Gasteiger partial charge in [0.25, 0.3) is 11.8 Å². The molecule has 0 fully saturated rings. The van der Waals surface area contributed by atoms with E-state index in [0.717, 1.165) is 29.6 Å². The number of thiophene rings is 1. The number of primary amides is 1. The number of hydrogen-bond donors (Lipinski definition) is 2. The fourth-order valence-electron chi connectivity index (χ4n) is 2.79. The second-order valence-electron chi connectivity index (χ2n) is 5.54. The van der Waals surface area contributed by atoms with Crippen molar-refractivity contribution in [1.29, 1.82) is 0 Å². The highest BCUT2D eigenvalue weighted by molar-refractivity contribution is 7.17. The lowest BCUT2D eigenvalue weighted by atomic mass is 10.0. The van der Waals surface area contributed by atoms with Gasteiger partial charge in [0, 0.05) is 18.0 Å². The van der Waals surface area contributed by atoms with Crippen molar-refractivity contribution in [2.75, 3.05) is 18.4 Å². The number of rotatable bonds is 5. The van der Waals surface area contributed by atoms with Gasteiger partial charge in [0.2, 0.25) is 0 Å². The number of furan rings is 1. The van der Waals surface area contributed by atoms with Gasteiger partial charge < -0.3 is 15.5 Å². The largest absolute Gasteiger partial charge is 0.433 e. The lowest BCUT2D eigenvalue weighted by molar-refractivity contribution is -0.402. The predicted molar refractivity (Wildman–Crippen MR) is 90.8 cm³/mol. The maximum Gasteiger partial charge on any atom is 0.433 e. The van der Waals surface area contributed by atoms with Crippen LogP contribution < -0.4 is 11.1 Å². The van der Waals surface area contributed by atoms with Crippen molar-refractivity contribution in [3.05, 3.63) is 44.0 Å². The van der Waals surface area contributed by atoms with Crippen molar-refractivity contribution < 1.29 is 18.9 Å². The second kappa shape index (κ2) is 6.65. The summed E-state index contributed by atoms with van der Waals surface area (Å²) in [6, 6.07) is 2.31. The molecule has 3 heterocycles. The molecule has 0 saturated carbocycles. The number of nitrogens with zero attached hydrogens (tertiary/aromatic N) is 2. The monoisotopic (exact) mass is 364 g/mol. The number of fused-ring (bicyclic) bond motifs is 1. The smallest absolute Gasteiger partial charge is 0.395 e. The molecule has 0 spiro atoms. The molecule has 1 aliphatic rings. The van der Waals surface area contributed by atoms with Gasteiger partial charge in [0.1, 0.15) is 9.92 Å². The van der Waals surface area contributed by atoms with Crippen LogP contribution in [0, 0.1) is 10.1 Å². The van der Waals surface area contributed by atoms with Crippen LogP contribution in [0.3, 0.4) is 0 Å². The van der Waals surface area contributed by atoms with E-state index in [0.29, 0.717) is 23.5 Å². The standard InChI is InChI=1S/C15H16N4O5S/c1-2-18-6-5-8-10(7-18)25-15(12(8)13(16)20)17-14(21)9-3-4-11(24-9)19(22)23/h3-4H,2,5-7H2,1H3,(H2,16,20)(H,17,21). The van der Waals surface area contributed by atoms with E-state index in [-0.39, 0.29) is 5.76 Å². The topological polar surface area (TPSA) is 132 Å². The first-order valence-corrected chi connectivity index (χ1v) is 8.44. The lowest BCUT2D eigenvalue weighted by Crippen LogP contribution is -2.30. The fraction of sp³-hybridized carbons (Fsp3) is 0.333. The molecule has 0 saturated heterocycles. The summed E-state index contributed by atoms with van der Waals surface area (Å²) in [5.74, 6) is -2.00. The Morgan fingerprint density at radius 1 is 1.48 bits per heavy atom. The summed E-state index contributed by atoms with van der Waals surface area (Å²) in [6.45, 7) is 4.46. The Bertz CT molecular complexity index is 856. The summed E-state index contributed by atoms with van der Waals surface area (Å²) in [5.41, 5.74) is 6.67. The third kappa shape index (κ3) is 3.26. The number of nitrogens with two attached hydrogens (primary N) is 1. The average molecular weight is 364 g/mol. The first-order valence-electron chi connectivity index (χ1n) is 7.63. The molecule has 1 aliphatic heterocycles. The summed E-state index contributed by atoms with van der Waals surface area (Å²) in [4.78, 5) is 37.3. The molecular formula is C15H16N4O5S. The minimum absolute atomic E-state index is 0.205. The Morgan fingerprint density at radius 2 is 2.24 bits per heavy atom. The van der Waals surface area contributed by atoms with Crippen LogP contribution in [0.15, 0.2) is 16.5 Å². The van der Waals surface area contributed by atoms with Crippen molar-refractivity contribution in [2.24, 2.45) is 5.73 Å². The number of hydrogen-bond acceptors (Lipinski definition) is 7. The van der Waals surface area contributed by atoms with Crippen molar-refractivity contribution >= 4 is 34.0 Å². The van der Waals surface area contributed by atoms with E-state index in [1.807, 2.05) is 0 Å². The fourth-order valence-corrected chi connectivity index (χ4v) is 4.08. The predicted octanol–water partition coefficient (Wildman–Crippen LogP) is 1.98. The molecule has 0 bridgehead atoms. The average Bonchev–Trinajstić information content (AvgIpc) is 3.18. The van der Waals surface area contributed by atoms with Crippen LogP contribution in [0.25, 0.3) is 0 Å². The Labute approximate surface area is 146 Å². The van der Waals surface area contributed by atoms with Gasteiger partial charge in [0.15, 0.2) is 5.76 Å². The number of likely N-dealkylation sites (N-methyl/N-ethyl adjacent to an activating group) is 1. The maximum absolute atomic E-state index is 12.3. The summed E-state index contributed by atoms with van der Waals surface area (Å²) in [5, 5.41) is 13.6. The molecule has 2 amide bonds. The van der Waals surface area contributed by atoms with Crippen molar-refractivity contribution in [3.63, 3.8) is 0 Å². The molecule has 25 heavy (non-hydrogen) atoms. The van der Waals surface area contributed by atoms with E-state index in [4.69, 9.17) is 10.2 Å². The first-order chi connectivity index (χ1) is 11.9. The SMILES string of the molecule is CCN1CCc2c(sc(NC(=O)c3ccc([N+](=O)[O-])o3)c2C(N)=O)C1. The van der Waals surface area contributed by atoms with Crippen LogP contribution in [-0.2, 0) is 13.0 Å². The zero-order valence-electron chi connectivity index (χ0n) is 13.4. The molecule has 3 N–H and O–H groups in total. The van der Waals surface area contributed by atoms with Crippen LogP contribution in [0.2, 0.25) is 0 Å². The number of nitro groups is 1. The molecule has 2 aromatic rings. The van der Waals surface area contributed by atoms with E-state index in [9.17, 15) is 19.7 Å². The number of nitrogens with one attached hydrogen (secondary N) is 1. The Balaban J connectivity index is 1.89. The third-order valence-electron chi connectivity index (χ3n) is 4.05. The highest BCUT2D eigenvalue weighted by Gasteiger charge is 2.28. The van der Waals surface area contributed by atoms with Gasteiger partial charge in [-0.1, -0.05) is 6.92 Å². The molecule has 2 aromatic heterocycles. The minimum Gasteiger partial charge on any atom is -0.395 e. The van der Waals surface area contributed by atoms with Crippen LogP contribution in [0.4, 0.5) is 10.9 Å². The summed E-state index contributed by atoms with van der Waals surface area (Å²) >= 11 is 1.30. The number of anilines is 1. The molecule has 0 unspecified atom stereocenters. The molecule has 0 aromatic carbocycles. The van der Waals surface area contributed by atoms with Gasteiger partial charge in [-0.15, -0.1) is 11.3 Å². The molecule has 132 valence electrons.